The summed E-state index contributed by atoms with van der Waals surface area (Å²) in [5.41, 5.74) is 2.84. The lowest BCUT2D eigenvalue weighted by Gasteiger charge is -1.97. The highest BCUT2D eigenvalue weighted by Gasteiger charge is 2.11. The lowest BCUT2D eigenvalue weighted by atomic mass is 10.1. The molecule has 1 heterocycles. The van der Waals surface area contributed by atoms with Gasteiger partial charge in [-0.05, 0) is 29.8 Å². The van der Waals surface area contributed by atoms with Gasteiger partial charge in [0.15, 0.2) is 11.5 Å². The van der Waals surface area contributed by atoms with E-state index in [2.05, 4.69) is 16.8 Å². The van der Waals surface area contributed by atoms with Gasteiger partial charge in [0.2, 0.25) is 0 Å². The fraction of sp³-hybridized carbons (Fsp3) is 0.118. The van der Waals surface area contributed by atoms with Crippen molar-refractivity contribution in [1.82, 2.24) is 4.98 Å². The van der Waals surface area contributed by atoms with Gasteiger partial charge in [-0.2, -0.15) is 0 Å². The molecule has 3 aromatic rings. The molecule has 3 nitrogen and oxygen atoms in total. The normalized spacial score (nSPS) is 10.5. The first-order valence-corrected chi connectivity index (χ1v) is 7.34. The van der Waals surface area contributed by atoms with E-state index >= 15 is 0 Å². The molecule has 0 fully saturated rings. The molecule has 0 radical (unpaired) electrons. The Labute approximate surface area is 137 Å². The summed E-state index contributed by atoms with van der Waals surface area (Å²) < 4.78 is 5.80. The molecule has 0 aliphatic heterocycles. The summed E-state index contributed by atoms with van der Waals surface area (Å²) in [6.45, 7) is -0.225. The molecule has 0 amide bonds. The van der Waals surface area contributed by atoms with Crippen molar-refractivity contribution in [1.29, 1.82) is 0 Å². The number of benzene rings is 2. The van der Waals surface area contributed by atoms with Crippen molar-refractivity contribution >= 4 is 34.3 Å². The van der Waals surface area contributed by atoms with Crippen molar-refractivity contribution in [2.24, 2.45) is 0 Å². The maximum absolute atomic E-state index is 8.83. The van der Waals surface area contributed by atoms with Crippen LogP contribution < -0.4 is 0 Å². The first-order valence-electron chi connectivity index (χ1n) is 6.59. The second-order valence-electron chi connectivity index (χ2n) is 4.68. The Morgan fingerprint density at radius 3 is 2.77 bits per heavy atom. The number of hydrogen-bond acceptors (Lipinski definition) is 3. The molecule has 0 saturated carbocycles. The summed E-state index contributed by atoms with van der Waals surface area (Å²) >= 11 is 12.0. The Morgan fingerprint density at radius 2 is 2.00 bits per heavy atom. The zero-order valence-corrected chi connectivity index (χ0v) is 12.9. The average Bonchev–Trinajstić information content (AvgIpc) is 2.87. The van der Waals surface area contributed by atoms with Gasteiger partial charge in [0, 0.05) is 16.5 Å². The van der Waals surface area contributed by atoms with E-state index < -0.39 is 0 Å². The van der Waals surface area contributed by atoms with E-state index in [1.54, 1.807) is 12.1 Å². The number of nitrogens with zero attached hydrogens (tertiary/aromatic N) is 1. The highest BCUT2D eigenvalue weighted by molar-refractivity contribution is 6.31. The van der Waals surface area contributed by atoms with Crippen LogP contribution in [0.5, 0.6) is 0 Å². The van der Waals surface area contributed by atoms with Crippen molar-refractivity contribution in [3.05, 3.63) is 63.5 Å². The molecule has 0 unspecified atom stereocenters. The van der Waals surface area contributed by atoms with Crippen molar-refractivity contribution in [2.45, 2.75) is 6.42 Å². The third-order valence-corrected chi connectivity index (χ3v) is 3.50. The van der Waals surface area contributed by atoms with Crippen LogP contribution in [0.2, 0.25) is 10.0 Å². The minimum absolute atomic E-state index is 0.225. The van der Waals surface area contributed by atoms with Gasteiger partial charge in [-0.1, -0.05) is 47.2 Å². The molecule has 2 aromatic carbocycles. The fourth-order valence-electron chi connectivity index (χ4n) is 2.17. The first-order chi connectivity index (χ1) is 10.7. The van der Waals surface area contributed by atoms with E-state index in [4.69, 9.17) is 32.7 Å². The molecule has 0 saturated heterocycles. The van der Waals surface area contributed by atoms with Crippen LogP contribution in [0.15, 0.2) is 40.8 Å². The largest absolute Gasteiger partial charge is 0.439 e. The highest BCUT2D eigenvalue weighted by Crippen LogP contribution is 2.25. The molecule has 0 aliphatic rings. The van der Waals surface area contributed by atoms with Crippen molar-refractivity contribution in [3.8, 4) is 11.8 Å². The van der Waals surface area contributed by atoms with E-state index in [1.807, 2.05) is 24.3 Å². The van der Waals surface area contributed by atoms with Gasteiger partial charge >= 0.3 is 0 Å². The van der Waals surface area contributed by atoms with Crippen LogP contribution in [0.1, 0.15) is 17.0 Å². The van der Waals surface area contributed by atoms with Crippen LogP contribution in [0.3, 0.4) is 0 Å². The summed E-state index contributed by atoms with van der Waals surface area (Å²) in [7, 11) is 0. The molecule has 1 aromatic heterocycles. The molecule has 110 valence electrons. The Kier molecular flexibility index (Phi) is 4.35. The van der Waals surface area contributed by atoms with Gasteiger partial charge in [0.1, 0.15) is 12.1 Å². The smallest absolute Gasteiger partial charge is 0.199 e. The number of fused-ring (bicyclic) bond motifs is 1. The average molecular weight is 332 g/mol. The van der Waals surface area contributed by atoms with E-state index in [1.165, 1.54) is 0 Å². The summed E-state index contributed by atoms with van der Waals surface area (Å²) in [5, 5.41) is 10.0. The summed E-state index contributed by atoms with van der Waals surface area (Å²) in [6.07, 6.45) is 0.528. The highest BCUT2D eigenvalue weighted by atomic mass is 35.5. The van der Waals surface area contributed by atoms with E-state index in [9.17, 15) is 0 Å². The molecule has 0 bridgehead atoms. The maximum Gasteiger partial charge on any atom is 0.199 e. The minimum atomic E-state index is -0.225. The predicted molar refractivity (Wildman–Crippen MR) is 87.2 cm³/mol. The number of rotatable bonds is 2. The third kappa shape index (κ3) is 3.26. The van der Waals surface area contributed by atoms with E-state index in [0.29, 0.717) is 39.0 Å². The summed E-state index contributed by atoms with van der Waals surface area (Å²) in [6, 6.07) is 11.0. The fourth-order valence-corrected chi connectivity index (χ4v) is 2.59. The molecule has 5 heteroatoms. The van der Waals surface area contributed by atoms with Gasteiger partial charge in [-0.3, -0.25) is 0 Å². The van der Waals surface area contributed by atoms with Crippen LogP contribution in [0, 0.1) is 11.8 Å². The number of halogens is 2. The molecular formula is C17H11Cl2NO2. The van der Waals surface area contributed by atoms with Crippen LogP contribution in [0.4, 0.5) is 0 Å². The van der Waals surface area contributed by atoms with Gasteiger partial charge in [-0.15, -0.1) is 0 Å². The quantitative estimate of drug-likeness (QED) is 0.720. The molecular weight excluding hydrogens is 321 g/mol. The molecule has 0 aliphatic carbocycles. The molecule has 0 spiro atoms. The standard InChI is InChI=1S/C17H11Cl2NO2/c18-13-5-1-3-11(7-13)8-16-20-15-10-14(19)9-12(4-2-6-21)17(15)22-16/h1,3,5,7,9-10,21H,6,8H2. The summed E-state index contributed by atoms with van der Waals surface area (Å²) in [4.78, 5) is 4.44. The topological polar surface area (TPSA) is 46.3 Å². The number of aromatic nitrogens is 1. The zero-order valence-electron chi connectivity index (χ0n) is 11.4. The second kappa shape index (κ2) is 6.41. The van der Waals surface area contributed by atoms with Crippen molar-refractivity contribution in [3.63, 3.8) is 0 Å². The zero-order chi connectivity index (χ0) is 15.5. The van der Waals surface area contributed by atoms with Crippen LogP contribution >= 0.6 is 23.2 Å². The predicted octanol–water partition coefficient (Wildman–Crippen LogP) is 4.07. The lowest BCUT2D eigenvalue weighted by Crippen LogP contribution is -1.87. The number of oxazole rings is 1. The van der Waals surface area contributed by atoms with Crippen molar-refractivity contribution in [2.75, 3.05) is 6.61 Å². The summed E-state index contributed by atoms with van der Waals surface area (Å²) in [5.74, 6) is 5.98. The minimum Gasteiger partial charge on any atom is -0.439 e. The van der Waals surface area contributed by atoms with Gasteiger partial charge in [0.05, 0.1) is 5.56 Å². The Balaban J connectivity index is 2.02. The number of aliphatic hydroxyl groups is 1. The first kappa shape index (κ1) is 14.9. The Morgan fingerprint density at radius 1 is 1.14 bits per heavy atom. The third-order valence-electron chi connectivity index (χ3n) is 3.05. The van der Waals surface area contributed by atoms with Crippen LogP contribution in [-0.2, 0) is 6.42 Å². The molecule has 3 rings (SSSR count). The number of hydrogen-bond donors (Lipinski definition) is 1. The van der Waals surface area contributed by atoms with Crippen molar-refractivity contribution < 1.29 is 9.52 Å². The second-order valence-corrected chi connectivity index (χ2v) is 5.55. The maximum atomic E-state index is 8.83. The van der Waals surface area contributed by atoms with Crippen LogP contribution in [-0.4, -0.2) is 16.7 Å². The number of aliphatic hydroxyl groups excluding tert-OH is 1. The Hall–Kier alpha value is -1.99. The van der Waals surface area contributed by atoms with Crippen LogP contribution in [0.25, 0.3) is 11.1 Å². The van der Waals surface area contributed by atoms with Gasteiger partial charge in [0.25, 0.3) is 0 Å². The molecule has 0 atom stereocenters. The van der Waals surface area contributed by atoms with E-state index in [-0.39, 0.29) is 6.61 Å². The molecule has 1 N–H and O–H groups in total. The SMILES string of the molecule is OCC#Cc1cc(Cl)cc2nc(Cc3cccc(Cl)c3)oc12. The monoisotopic (exact) mass is 331 g/mol. The molecule has 22 heavy (non-hydrogen) atoms. The van der Waals surface area contributed by atoms with Gasteiger partial charge < -0.3 is 9.52 Å². The Bertz CT molecular complexity index is 891. The lowest BCUT2D eigenvalue weighted by molar-refractivity contribution is 0.350. The van der Waals surface area contributed by atoms with Gasteiger partial charge in [-0.25, -0.2) is 4.98 Å². The van der Waals surface area contributed by atoms with E-state index in [0.717, 1.165) is 5.56 Å².